The van der Waals surface area contributed by atoms with E-state index in [1.54, 1.807) is 11.3 Å². The molecule has 1 fully saturated rings. The van der Waals surface area contributed by atoms with Crippen LogP contribution in [0.4, 0.5) is 0 Å². The van der Waals surface area contributed by atoms with E-state index in [2.05, 4.69) is 0 Å². The molecule has 0 aliphatic heterocycles. The molecule has 0 atom stereocenters. The van der Waals surface area contributed by atoms with Gasteiger partial charge in [0.2, 0.25) is 0 Å². The van der Waals surface area contributed by atoms with Crippen molar-refractivity contribution >= 4 is 28.9 Å². The van der Waals surface area contributed by atoms with Crippen molar-refractivity contribution in [3.63, 3.8) is 0 Å². The number of ether oxygens (including phenoxy) is 2. The van der Waals surface area contributed by atoms with Crippen LogP contribution in [-0.2, 0) is 20.9 Å². The fourth-order valence-corrected chi connectivity index (χ4v) is 3.27. The van der Waals surface area contributed by atoms with E-state index in [1.807, 2.05) is 12.1 Å². The first-order valence-corrected chi connectivity index (χ1v) is 7.32. The highest BCUT2D eigenvalue weighted by Gasteiger charge is 2.27. The van der Waals surface area contributed by atoms with Crippen LogP contribution in [0.15, 0.2) is 12.1 Å². The van der Waals surface area contributed by atoms with Crippen LogP contribution in [0.25, 0.3) is 0 Å². The maximum absolute atomic E-state index is 11.4. The Labute approximate surface area is 116 Å². The smallest absolute Gasteiger partial charge is 0.308 e. The molecule has 0 spiro atoms. The molecule has 2 rings (SSSR count). The van der Waals surface area contributed by atoms with Crippen molar-refractivity contribution in [3.8, 4) is 0 Å². The van der Waals surface area contributed by atoms with Crippen molar-refractivity contribution in [2.24, 2.45) is 5.92 Å². The fraction of sp³-hybridized carbons (Fsp3) is 0.615. The molecule has 0 aromatic carbocycles. The number of halogens is 1. The predicted molar refractivity (Wildman–Crippen MR) is 71.9 cm³/mol. The van der Waals surface area contributed by atoms with Gasteiger partial charge in [0.1, 0.15) is 0 Å². The Balaban J connectivity index is 1.72. The molecule has 0 radical (unpaired) electrons. The Morgan fingerprint density at radius 1 is 1.39 bits per heavy atom. The molecule has 0 amide bonds. The molecule has 0 saturated heterocycles. The number of thiophene rings is 1. The van der Waals surface area contributed by atoms with E-state index < -0.39 is 0 Å². The maximum Gasteiger partial charge on any atom is 0.308 e. The van der Waals surface area contributed by atoms with Gasteiger partial charge in [-0.1, -0.05) is 11.6 Å². The highest BCUT2D eigenvalue weighted by atomic mass is 35.5. The van der Waals surface area contributed by atoms with Gasteiger partial charge in [0.15, 0.2) is 0 Å². The van der Waals surface area contributed by atoms with E-state index in [9.17, 15) is 4.79 Å². The summed E-state index contributed by atoms with van der Waals surface area (Å²) in [6.45, 7) is 0.616. The molecule has 1 aliphatic rings. The van der Waals surface area contributed by atoms with Gasteiger partial charge < -0.3 is 9.47 Å². The predicted octanol–water partition coefficient (Wildman–Crippen LogP) is 3.65. The van der Waals surface area contributed by atoms with E-state index in [0.29, 0.717) is 6.61 Å². The van der Waals surface area contributed by atoms with E-state index in [-0.39, 0.29) is 18.0 Å². The van der Waals surface area contributed by atoms with Crippen LogP contribution in [0.5, 0.6) is 0 Å². The van der Waals surface area contributed by atoms with E-state index in [0.717, 1.165) is 34.9 Å². The SMILES string of the molecule is COC(=O)C1CCC(OCc2ccc(Cl)s2)CC1. The zero-order chi connectivity index (χ0) is 13.0. The van der Waals surface area contributed by atoms with Crippen molar-refractivity contribution in [2.75, 3.05) is 7.11 Å². The first-order chi connectivity index (χ1) is 8.69. The van der Waals surface area contributed by atoms with Gasteiger partial charge in [-0.2, -0.15) is 0 Å². The topological polar surface area (TPSA) is 35.5 Å². The summed E-state index contributed by atoms with van der Waals surface area (Å²) < 4.78 is 11.4. The van der Waals surface area contributed by atoms with Crippen LogP contribution >= 0.6 is 22.9 Å². The number of methoxy groups -OCH3 is 1. The molecule has 5 heteroatoms. The third-order valence-electron chi connectivity index (χ3n) is 3.30. The minimum Gasteiger partial charge on any atom is -0.469 e. The Morgan fingerprint density at radius 2 is 2.11 bits per heavy atom. The van der Waals surface area contributed by atoms with E-state index in [1.165, 1.54) is 7.11 Å². The van der Waals surface area contributed by atoms with Crippen LogP contribution in [0, 0.1) is 5.92 Å². The molecule has 1 heterocycles. The van der Waals surface area contributed by atoms with Crippen LogP contribution in [-0.4, -0.2) is 19.2 Å². The quantitative estimate of drug-likeness (QED) is 0.793. The fourth-order valence-electron chi connectivity index (χ4n) is 2.26. The van der Waals surface area contributed by atoms with Gasteiger partial charge in [-0.05, 0) is 37.8 Å². The normalized spacial score (nSPS) is 23.9. The zero-order valence-corrected chi connectivity index (χ0v) is 11.9. The molecule has 1 saturated carbocycles. The van der Waals surface area contributed by atoms with Gasteiger partial charge in [-0.3, -0.25) is 4.79 Å². The Hall–Kier alpha value is -0.580. The lowest BCUT2D eigenvalue weighted by Gasteiger charge is -2.26. The average Bonchev–Trinajstić information content (AvgIpc) is 2.82. The molecule has 1 aliphatic carbocycles. The Bertz CT molecular complexity index is 397. The Morgan fingerprint density at radius 3 is 2.67 bits per heavy atom. The third kappa shape index (κ3) is 3.70. The molecule has 1 aromatic rings. The van der Waals surface area contributed by atoms with Gasteiger partial charge in [-0.15, -0.1) is 11.3 Å². The number of hydrogen-bond acceptors (Lipinski definition) is 4. The van der Waals surface area contributed by atoms with Crippen LogP contribution in [0.1, 0.15) is 30.6 Å². The van der Waals surface area contributed by atoms with Gasteiger partial charge >= 0.3 is 5.97 Å². The van der Waals surface area contributed by atoms with Crippen molar-refractivity contribution in [2.45, 2.75) is 38.4 Å². The maximum atomic E-state index is 11.4. The lowest BCUT2D eigenvalue weighted by molar-refractivity contribution is -0.147. The highest BCUT2D eigenvalue weighted by molar-refractivity contribution is 7.16. The minimum absolute atomic E-state index is 0.0611. The molecule has 3 nitrogen and oxygen atoms in total. The summed E-state index contributed by atoms with van der Waals surface area (Å²) >= 11 is 7.42. The van der Waals surface area contributed by atoms with Crippen LogP contribution in [0.2, 0.25) is 4.34 Å². The average molecular weight is 289 g/mol. The molecule has 0 unspecified atom stereocenters. The van der Waals surface area contributed by atoms with Gasteiger partial charge in [-0.25, -0.2) is 0 Å². The summed E-state index contributed by atoms with van der Waals surface area (Å²) in [5.41, 5.74) is 0. The number of esters is 1. The molecular formula is C13H17ClO3S. The van der Waals surface area contributed by atoms with Gasteiger partial charge in [0, 0.05) is 4.88 Å². The molecule has 18 heavy (non-hydrogen) atoms. The summed E-state index contributed by atoms with van der Waals surface area (Å²) in [6, 6.07) is 3.88. The lowest BCUT2D eigenvalue weighted by atomic mass is 9.87. The third-order valence-corrected chi connectivity index (χ3v) is 4.50. The van der Waals surface area contributed by atoms with E-state index in [4.69, 9.17) is 21.1 Å². The number of carbonyl (C=O) groups excluding carboxylic acids is 1. The molecule has 1 aromatic heterocycles. The first-order valence-electron chi connectivity index (χ1n) is 6.12. The van der Waals surface area contributed by atoms with Crippen molar-refractivity contribution in [1.29, 1.82) is 0 Å². The highest BCUT2D eigenvalue weighted by Crippen LogP contribution is 2.29. The van der Waals surface area contributed by atoms with Gasteiger partial charge in [0.25, 0.3) is 0 Å². The van der Waals surface area contributed by atoms with Crippen molar-refractivity contribution in [1.82, 2.24) is 0 Å². The number of hydrogen-bond donors (Lipinski definition) is 0. The largest absolute Gasteiger partial charge is 0.469 e. The van der Waals surface area contributed by atoms with Gasteiger partial charge in [0.05, 0.1) is 30.1 Å². The molecule has 100 valence electrons. The first kappa shape index (κ1) is 13.8. The second-order valence-corrected chi connectivity index (χ2v) is 6.31. The lowest BCUT2D eigenvalue weighted by Crippen LogP contribution is -2.26. The minimum atomic E-state index is -0.0847. The second-order valence-electron chi connectivity index (χ2n) is 4.51. The summed E-state index contributed by atoms with van der Waals surface area (Å²) in [5, 5.41) is 0. The van der Waals surface area contributed by atoms with E-state index >= 15 is 0 Å². The Kier molecular flexibility index (Phi) is 5.03. The second kappa shape index (κ2) is 6.55. The number of rotatable bonds is 4. The summed E-state index contributed by atoms with van der Waals surface area (Å²) in [7, 11) is 1.45. The summed E-state index contributed by atoms with van der Waals surface area (Å²) in [4.78, 5) is 12.5. The number of carbonyl (C=O) groups is 1. The van der Waals surface area contributed by atoms with Crippen LogP contribution in [0.3, 0.4) is 0 Å². The van der Waals surface area contributed by atoms with Crippen molar-refractivity contribution in [3.05, 3.63) is 21.3 Å². The zero-order valence-electron chi connectivity index (χ0n) is 10.4. The monoisotopic (exact) mass is 288 g/mol. The molecule has 0 bridgehead atoms. The summed E-state index contributed by atoms with van der Waals surface area (Å²) in [6.07, 6.45) is 3.84. The molecule has 0 N–H and O–H groups in total. The molecular weight excluding hydrogens is 272 g/mol. The standard InChI is InChI=1S/C13H17ClO3S/c1-16-13(15)9-2-4-10(5-3-9)17-8-11-6-7-12(14)18-11/h6-7,9-10H,2-5,8H2,1H3. The van der Waals surface area contributed by atoms with Crippen molar-refractivity contribution < 1.29 is 14.3 Å². The summed E-state index contributed by atoms with van der Waals surface area (Å²) in [5.74, 6) is -0.0236. The van der Waals surface area contributed by atoms with Crippen LogP contribution < -0.4 is 0 Å².